The van der Waals surface area contributed by atoms with Crippen LogP contribution in [0.3, 0.4) is 0 Å². The zero-order chi connectivity index (χ0) is 17.5. The molecule has 0 bridgehead atoms. The van der Waals surface area contributed by atoms with Crippen LogP contribution in [0.5, 0.6) is 0 Å². The fraction of sp³-hybridized carbons (Fsp3) is 0.450. The number of benzene rings is 1. The van der Waals surface area contributed by atoms with E-state index in [9.17, 15) is 4.79 Å². The van der Waals surface area contributed by atoms with E-state index in [0.717, 1.165) is 39.1 Å². The van der Waals surface area contributed by atoms with E-state index in [1.165, 1.54) is 16.0 Å². The molecule has 0 aliphatic carbocycles. The molecule has 1 saturated heterocycles. The Balaban J connectivity index is 1.43. The molecule has 25 heavy (non-hydrogen) atoms. The zero-order valence-corrected chi connectivity index (χ0v) is 15.7. The number of nitrogens with zero attached hydrogens (tertiary/aromatic N) is 2. The Bertz CT molecular complexity index is 671. The fourth-order valence-electron chi connectivity index (χ4n) is 3.23. The van der Waals surface area contributed by atoms with Gasteiger partial charge in [-0.2, -0.15) is 0 Å². The van der Waals surface area contributed by atoms with Crippen LogP contribution in [0.1, 0.15) is 22.4 Å². The van der Waals surface area contributed by atoms with Crippen molar-refractivity contribution in [3.8, 4) is 0 Å². The minimum atomic E-state index is 0.126. The van der Waals surface area contributed by atoms with Crippen molar-refractivity contribution in [3.63, 3.8) is 0 Å². The number of hydrogen-bond donors (Lipinski definition) is 1. The van der Waals surface area contributed by atoms with Gasteiger partial charge in [-0.1, -0.05) is 30.3 Å². The Hall–Kier alpha value is -1.69. The smallest absolute Gasteiger partial charge is 0.234 e. The molecule has 1 aliphatic heterocycles. The summed E-state index contributed by atoms with van der Waals surface area (Å²) in [5.41, 5.74) is 2.76. The second-order valence-corrected chi connectivity index (χ2v) is 7.72. The van der Waals surface area contributed by atoms with Gasteiger partial charge in [0.2, 0.25) is 5.91 Å². The Labute approximate surface area is 154 Å². The average molecular weight is 358 g/mol. The number of thiophene rings is 1. The van der Waals surface area contributed by atoms with Crippen molar-refractivity contribution in [1.82, 2.24) is 15.1 Å². The second-order valence-electron chi connectivity index (χ2n) is 6.69. The van der Waals surface area contributed by atoms with Crippen LogP contribution in [0.4, 0.5) is 0 Å². The number of nitrogens with one attached hydrogen (secondary N) is 1. The Morgan fingerprint density at radius 2 is 1.88 bits per heavy atom. The lowest BCUT2D eigenvalue weighted by Crippen LogP contribution is -2.38. The van der Waals surface area contributed by atoms with Crippen LogP contribution in [0.2, 0.25) is 0 Å². The minimum Gasteiger partial charge on any atom is -0.350 e. The topological polar surface area (TPSA) is 35.6 Å². The molecule has 1 N–H and O–H groups in total. The zero-order valence-electron chi connectivity index (χ0n) is 14.9. The highest BCUT2D eigenvalue weighted by Gasteiger charge is 2.17. The van der Waals surface area contributed by atoms with E-state index in [1.54, 1.807) is 11.3 Å². The van der Waals surface area contributed by atoms with E-state index >= 15 is 0 Å². The monoisotopic (exact) mass is 357 g/mol. The van der Waals surface area contributed by atoms with Crippen molar-refractivity contribution in [2.24, 2.45) is 0 Å². The molecule has 4 nitrogen and oxygen atoms in total. The summed E-state index contributed by atoms with van der Waals surface area (Å²) in [6.07, 6.45) is 1.12. The highest BCUT2D eigenvalue weighted by molar-refractivity contribution is 7.09. The van der Waals surface area contributed by atoms with Gasteiger partial charge >= 0.3 is 0 Å². The number of carbonyl (C=O) groups is 1. The SMILES string of the molecule is Cc1ccccc1CN1CCCN(CC(=O)NCc2cccs2)CC1. The van der Waals surface area contributed by atoms with Gasteiger partial charge in [-0.3, -0.25) is 14.6 Å². The maximum Gasteiger partial charge on any atom is 0.234 e. The third-order valence-corrected chi connectivity index (χ3v) is 5.62. The standard InChI is InChI=1S/C20H27N3OS/c1-17-6-2-3-7-18(17)15-22-9-5-10-23(12-11-22)16-20(24)21-14-19-8-4-13-25-19/h2-4,6-8,13H,5,9-12,14-16H2,1H3,(H,21,24). The van der Waals surface area contributed by atoms with Crippen LogP contribution in [0.25, 0.3) is 0 Å². The van der Waals surface area contributed by atoms with Crippen LogP contribution in [0.15, 0.2) is 41.8 Å². The summed E-state index contributed by atoms with van der Waals surface area (Å²) < 4.78 is 0. The van der Waals surface area contributed by atoms with Gasteiger partial charge in [-0.05, 0) is 49.0 Å². The first kappa shape index (κ1) is 18.1. The Morgan fingerprint density at radius 1 is 1.08 bits per heavy atom. The van der Waals surface area contributed by atoms with E-state index < -0.39 is 0 Å². The van der Waals surface area contributed by atoms with E-state index in [1.807, 2.05) is 11.4 Å². The maximum atomic E-state index is 12.2. The first-order valence-electron chi connectivity index (χ1n) is 8.99. The van der Waals surface area contributed by atoms with Crippen molar-refractivity contribution >= 4 is 17.2 Å². The third kappa shape index (κ3) is 5.66. The second kappa shape index (κ2) is 9.13. The molecule has 0 spiro atoms. The molecule has 0 atom stereocenters. The molecule has 5 heteroatoms. The van der Waals surface area contributed by atoms with Gasteiger partial charge in [0, 0.05) is 24.5 Å². The number of carbonyl (C=O) groups excluding carboxylic acids is 1. The molecule has 3 rings (SSSR count). The third-order valence-electron chi connectivity index (χ3n) is 4.74. The van der Waals surface area contributed by atoms with E-state index in [0.29, 0.717) is 13.1 Å². The molecule has 0 saturated carbocycles. The molecule has 1 amide bonds. The summed E-state index contributed by atoms with van der Waals surface area (Å²) >= 11 is 1.68. The van der Waals surface area contributed by atoms with Gasteiger partial charge in [0.15, 0.2) is 0 Å². The molecule has 0 radical (unpaired) electrons. The highest BCUT2D eigenvalue weighted by atomic mass is 32.1. The van der Waals surface area contributed by atoms with Crippen LogP contribution in [0, 0.1) is 6.92 Å². The van der Waals surface area contributed by atoms with E-state index in [-0.39, 0.29) is 5.91 Å². The number of hydrogen-bond acceptors (Lipinski definition) is 4. The molecule has 1 aromatic heterocycles. The first-order valence-corrected chi connectivity index (χ1v) is 9.87. The highest BCUT2D eigenvalue weighted by Crippen LogP contribution is 2.13. The normalized spacial score (nSPS) is 16.5. The van der Waals surface area contributed by atoms with Gasteiger partial charge in [-0.15, -0.1) is 11.3 Å². The van der Waals surface area contributed by atoms with Crippen molar-refractivity contribution in [2.45, 2.75) is 26.4 Å². The van der Waals surface area contributed by atoms with Crippen molar-refractivity contribution in [1.29, 1.82) is 0 Å². The van der Waals surface area contributed by atoms with E-state index in [4.69, 9.17) is 0 Å². The summed E-state index contributed by atoms with van der Waals surface area (Å²) in [5, 5.41) is 5.07. The predicted octanol–water partition coefficient (Wildman–Crippen LogP) is 2.88. The molecule has 1 fully saturated rings. The van der Waals surface area contributed by atoms with Gasteiger partial charge in [0.05, 0.1) is 13.1 Å². The van der Waals surface area contributed by atoms with Gasteiger partial charge in [0.25, 0.3) is 0 Å². The van der Waals surface area contributed by atoms with Crippen LogP contribution < -0.4 is 5.32 Å². The van der Waals surface area contributed by atoms with Crippen molar-refractivity contribution in [2.75, 3.05) is 32.7 Å². The molecule has 2 aromatic rings. The maximum absolute atomic E-state index is 12.2. The summed E-state index contributed by atoms with van der Waals surface area (Å²) in [5.74, 6) is 0.126. The van der Waals surface area contributed by atoms with Crippen LogP contribution in [-0.2, 0) is 17.9 Å². The van der Waals surface area contributed by atoms with Crippen molar-refractivity contribution in [3.05, 3.63) is 57.8 Å². The lowest BCUT2D eigenvalue weighted by atomic mass is 10.1. The Morgan fingerprint density at radius 3 is 2.68 bits per heavy atom. The fourth-order valence-corrected chi connectivity index (χ4v) is 3.87. The summed E-state index contributed by atoms with van der Waals surface area (Å²) in [6.45, 7) is 8.40. The summed E-state index contributed by atoms with van der Waals surface area (Å²) in [4.78, 5) is 18.2. The minimum absolute atomic E-state index is 0.126. The molecule has 0 unspecified atom stereocenters. The van der Waals surface area contributed by atoms with Gasteiger partial charge < -0.3 is 5.32 Å². The van der Waals surface area contributed by atoms with Crippen LogP contribution >= 0.6 is 11.3 Å². The average Bonchev–Trinajstić information content (AvgIpc) is 3.04. The quantitative estimate of drug-likeness (QED) is 0.863. The molecular weight excluding hydrogens is 330 g/mol. The molecular formula is C20H27N3OS. The largest absolute Gasteiger partial charge is 0.350 e. The molecule has 1 aliphatic rings. The number of aryl methyl sites for hydroxylation is 1. The Kier molecular flexibility index (Phi) is 6.62. The molecule has 2 heterocycles. The van der Waals surface area contributed by atoms with Crippen molar-refractivity contribution < 1.29 is 4.79 Å². The summed E-state index contributed by atoms with van der Waals surface area (Å²) in [6, 6.07) is 12.7. The van der Waals surface area contributed by atoms with Gasteiger partial charge in [0.1, 0.15) is 0 Å². The molecule has 134 valence electrons. The molecule has 1 aromatic carbocycles. The van der Waals surface area contributed by atoms with E-state index in [2.05, 4.69) is 52.4 Å². The predicted molar refractivity (Wildman–Crippen MR) is 104 cm³/mol. The first-order chi connectivity index (χ1) is 12.2. The van der Waals surface area contributed by atoms with Gasteiger partial charge in [-0.25, -0.2) is 0 Å². The number of rotatable bonds is 6. The lowest BCUT2D eigenvalue weighted by molar-refractivity contribution is -0.122. The summed E-state index contributed by atoms with van der Waals surface area (Å²) in [7, 11) is 0. The lowest BCUT2D eigenvalue weighted by Gasteiger charge is -2.22. The number of amides is 1. The van der Waals surface area contributed by atoms with Crippen LogP contribution in [-0.4, -0.2) is 48.4 Å².